The lowest BCUT2D eigenvalue weighted by atomic mass is 9.97. The van der Waals surface area contributed by atoms with Crippen LogP contribution in [0.25, 0.3) is 28.3 Å². The van der Waals surface area contributed by atoms with Gasteiger partial charge in [-0.25, -0.2) is 18.0 Å². The number of carbonyl (C=O) groups is 1. The molecule has 4 rings (SSSR count). The van der Waals surface area contributed by atoms with Crippen LogP contribution < -0.4 is 4.74 Å². The minimum atomic E-state index is -0.980. The molecule has 0 aromatic heterocycles. The summed E-state index contributed by atoms with van der Waals surface area (Å²) in [5.74, 6) is -3.50. The summed E-state index contributed by atoms with van der Waals surface area (Å²) in [6, 6.07) is 20.3. The summed E-state index contributed by atoms with van der Waals surface area (Å²) < 4.78 is 48.9. The summed E-state index contributed by atoms with van der Waals surface area (Å²) in [5, 5.41) is 0. The quantitative estimate of drug-likeness (QED) is 0.224. The minimum Gasteiger partial charge on any atom is -0.420 e. The van der Waals surface area contributed by atoms with Crippen molar-refractivity contribution < 1.29 is 22.7 Å². The first kappa shape index (κ1) is 23.1. The van der Waals surface area contributed by atoms with Gasteiger partial charge in [-0.3, -0.25) is 0 Å². The Labute approximate surface area is 196 Å². The number of aryl methyl sites for hydroxylation is 1. The van der Waals surface area contributed by atoms with Crippen molar-refractivity contribution in [3.63, 3.8) is 0 Å². The molecular weight excluding hydrogens is 437 g/mol. The highest BCUT2D eigenvalue weighted by Gasteiger charge is 2.17. The Morgan fingerprint density at radius 2 is 1.32 bits per heavy atom. The van der Waals surface area contributed by atoms with Gasteiger partial charge in [0.05, 0.1) is 5.56 Å². The minimum absolute atomic E-state index is 0.0660. The molecule has 0 fully saturated rings. The number of hydrogen-bond acceptors (Lipinski definition) is 2. The second kappa shape index (κ2) is 9.79. The van der Waals surface area contributed by atoms with Crippen molar-refractivity contribution in [2.24, 2.45) is 0 Å². The lowest BCUT2D eigenvalue weighted by molar-refractivity contribution is 0.0728. The largest absolute Gasteiger partial charge is 0.420 e. The summed E-state index contributed by atoms with van der Waals surface area (Å²) in [7, 11) is 0. The monoisotopic (exact) mass is 458 g/mol. The first-order chi connectivity index (χ1) is 16.4. The van der Waals surface area contributed by atoms with Gasteiger partial charge in [0.2, 0.25) is 0 Å². The number of carbonyl (C=O) groups excluding carboxylic acids is 1. The van der Waals surface area contributed by atoms with Crippen LogP contribution in [-0.4, -0.2) is 5.97 Å². The molecule has 0 atom stereocenters. The fourth-order valence-corrected chi connectivity index (χ4v) is 3.59. The van der Waals surface area contributed by atoms with E-state index >= 15 is 0 Å². The van der Waals surface area contributed by atoms with Crippen LogP contribution >= 0.6 is 0 Å². The molecule has 0 saturated heterocycles. The van der Waals surface area contributed by atoms with Crippen LogP contribution in [0.5, 0.6) is 5.75 Å². The molecule has 2 nitrogen and oxygen atoms in total. The highest BCUT2D eigenvalue weighted by atomic mass is 19.2. The van der Waals surface area contributed by atoms with Crippen molar-refractivity contribution in [1.82, 2.24) is 0 Å². The van der Waals surface area contributed by atoms with Crippen LogP contribution in [0, 0.1) is 24.4 Å². The zero-order valence-electron chi connectivity index (χ0n) is 18.6. The SMILES string of the molecule is C/C=C/c1ccc(-c2ccc(-c3ccc(C(=O)Oc4ccc(C)cc4F)cc3)c(F)c2F)cc1. The van der Waals surface area contributed by atoms with Gasteiger partial charge in [0, 0.05) is 11.1 Å². The van der Waals surface area contributed by atoms with E-state index < -0.39 is 23.4 Å². The van der Waals surface area contributed by atoms with E-state index in [2.05, 4.69) is 0 Å². The summed E-state index contributed by atoms with van der Waals surface area (Å²) in [4.78, 5) is 12.4. The van der Waals surface area contributed by atoms with E-state index in [1.807, 2.05) is 31.2 Å². The Bertz CT molecular complexity index is 1370. The van der Waals surface area contributed by atoms with Gasteiger partial charge in [-0.1, -0.05) is 66.7 Å². The predicted octanol–water partition coefficient (Wildman–Crippen LogP) is 8.00. The third-order valence-electron chi connectivity index (χ3n) is 5.38. The van der Waals surface area contributed by atoms with Crippen molar-refractivity contribution in [3.05, 3.63) is 119 Å². The maximum Gasteiger partial charge on any atom is 0.343 e. The number of ether oxygens (including phenoxy) is 1. The van der Waals surface area contributed by atoms with Gasteiger partial charge >= 0.3 is 5.97 Å². The van der Waals surface area contributed by atoms with Gasteiger partial charge in [-0.2, -0.15) is 0 Å². The van der Waals surface area contributed by atoms with Gasteiger partial charge < -0.3 is 4.74 Å². The molecule has 5 heteroatoms. The van der Waals surface area contributed by atoms with Gasteiger partial charge in [0.15, 0.2) is 23.2 Å². The zero-order valence-corrected chi connectivity index (χ0v) is 18.6. The van der Waals surface area contributed by atoms with Crippen LogP contribution in [0.1, 0.15) is 28.4 Å². The van der Waals surface area contributed by atoms with Gasteiger partial charge in [-0.05, 0) is 60.4 Å². The van der Waals surface area contributed by atoms with Crippen LogP contribution in [0.4, 0.5) is 13.2 Å². The van der Waals surface area contributed by atoms with Gasteiger partial charge in [0.1, 0.15) is 0 Å². The molecule has 4 aromatic carbocycles. The number of benzene rings is 4. The predicted molar refractivity (Wildman–Crippen MR) is 128 cm³/mol. The van der Waals surface area contributed by atoms with E-state index in [1.54, 1.807) is 25.1 Å². The number of rotatable bonds is 5. The maximum absolute atomic E-state index is 14.9. The van der Waals surface area contributed by atoms with Crippen LogP contribution in [-0.2, 0) is 0 Å². The van der Waals surface area contributed by atoms with Gasteiger partial charge in [0.25, 0.3) is 0 Å². The average Bonchev–Trinajstić information content (AvgIpc) is 2.83. The molecule has 0 aliphatic carbocycles. The number of esters is 1. The molecule has 170 valence electrons. The summed E-state index contributed by atoms with van der Waals surface area (Å²) >= 11 is 0. The van der Waals surface area contributed by atoms with E-state index in [-0.39, 0.29) is 22.4 Å². The fraction of sp³-hybridized carbons (Fsp3) is 0.0690. The molecule has 0 amide bonds. The molecule has 0 unspecified atom stereocenters. The smallest absolute Gasteiger partial charge is 0.343 e. The average molecular weight is 458 g/mol. The van der Waals surface area contributed by atoms with E-state index in [9.17, 15) is 18.0 Å². The van der Waals surface area contributed by atoms with E-state index in [4.69, 9.17) is 4.74 Å². The lowest BCUT2D eigenvalue weighted by Crippen LogP contribution is -2.09. The lowest BCUT2D eigenvalue weighted by Gasteiger charge is -2.10. The third kappa shape index (κ3) is 4.79. The summed E-state index contributed by atoms with van der Waals surface area (Å²) in [6.07, 6.45) is 3.82. The Balaban J connectivity index is 1.56. The number of halogens is 3. The first-order valence-electron chi connectivity index (χ1n) is 10.7. The van der Waals surface area contributed by atoms with Crippen molar-refractivity contribution in [2.45, 2.75) is 13.8 Å². The van der Waals surface area contributed by atoms with Gasteiger partial charge in [-0.15, -0.1) is 0 Å². The normalized spacial score (nSPS) is 11.1. The second-order valence-corrected chi connectivity index (χ2v) is 7.81. The molecule has 0 aliphatic heterocycles. The van der Waals surface area contributed by atoms with Crippen molar-refractivity contribution in [1.29, 1.82) is 0 Å². The van der Waals surface area contributed by atoms with Crippen LogP contribution in [0.2, 0.25) is 0 Å². The number of hydrogen-bond donors (Lipinski definition) is 0. The van der Waals surface area contributed by atoms with Crippen molar-refractivity contribution in [2.75, 3.05) is 0 Å². The topological polar surface area (TPSA) is 26.3 Å². The number of allylic oxidation sites excluding steroid dienone is 1. The highest BCUT2D eigenvalue weighted by Crippen LogP contribution is 2.32. The van der Waals surface area contributed by atoms with Crippen molar-refractivity contribution in [3.8, 4) is 28.0 Å². The highest BCUT2D eigenvalue weighted by molar-refractivity contribution is 5.91. The molecule has 0 aliphatic rings. The Kier molecular flexibility index (Phi) is 6.64. The van der Waals surface area contributed by atoms with E-state index in [0.717, 1.165) is 5.56 Å². The Morgan fingerprint density at radius 1 is 0.765 bits per heavy atom. The van der Waals surface area contributed by atoms with E-state index in [0.29, 0.717) is 16.7 Å². The second-order valence-electron chi connectivity index (χ2n) is 7.81. The van der Waals surface area contributed by atoms with E-state index in [1.165, 1.54) is 48.5 Å². The zero-order chi connectivity index (χ0) is 24.2. The van der Waals surface area contributed by atoms with Crippen LogP contribution in [0.15, 0.2) is 84.9 Å². The molecule has 4 aromatic rings. The maximum atomic E-state index is 14.9. The molecule has 0 spiro atoms. The standard InChI is InChI=1S/C29H21F3O2/c1-3-4-19-6-8-20(9-7-19)23-14-15-24(28(32)27(23)31)21-10-12-22(13-11-21)29(33)34-26-16-5-18(2)17-25(26)30/h3-17H,1-2H3/b4-3+. The molecule has 0 bridgehead atoms. The summed E-state index contributed by atoms with van der Waals surface area (Å²) in [6.45, 7) is 3.63. The molecular formula is C29H21F3O2. The molecule has 34 heavy (non-hydrogen) atoms. The molecule has 0 N–H and O–H groups in total. The Morgan fingerprint density at radius 3 is 1.85 bits per heavy atom. The first-order valence-corrected chi connectivity index (χ1v) is 10.7. The molecule has 0 saturated carbocycles. The van der Waals surface area contributed by atoms with Crippen molar-refractivity contribution >= 4 is 12.0 Å². The Hall–Kier alpha value is -4.12. The fourth-order valence-electron chi connectivity index (χ4n) is 3.59. The molecule has 0 radical (unpaired) electrons. The summed E-state index contributed by atoms with van der Waals surface area (Å²) in [5.41, 5.74) is 3.01. The molecule has 0 heterocycles. The van der Waals surface area contributed by atoms with Crippen LogP contribution in [0.3, 0.4) is 0 Å². The third-order valence-corrected chi connectivity index (χ3v) is 5.38.